The van der Waals surface area contributed by atoms with Crippen LogP contribution in [0, 0.1) is 0 Å². The van der Waals surface area contributed by atoms with Gasteiger partial charge in [-0.25, -0.2) is 0 Å². The Morgan fingerprint density at radius 2 is 2.35 bits per heavy atom. The molecular weight excluding hydrogens is 282 g/mol. The molecule has 0 radical (unpaired) electrons. The first-order valence-electron chi connectivity index (χ1n) is 6.69. The lowest BCUT2D eigenvalue weighted by Crippen LogP contribution is -2.56. The van der Waals surface area contributed by atoms with Crippen LogP contribution >= 0.6 is 12.4 Å². The molecule has 1 aliphatic heterocycles. The first-order chi connectivity index (χ1) is 9.19. The van der Waals surface area contributed by atoms with E-state index in [4.69, 9.17) is 5.11 Å². The highest BCUT2D eigenvalue weighted by Crippen LogP contribution is 2.07. The summed E-state index contributed by atoms with van der Waals surface area (Å²) in [7, 11) is 0. The molecule has 0 aromatic heterocycles. The van der Waals surface area contributed by atoms with Crippen LogP contribution in [0.15, 0.2) is 12.7 Å². The average Bonchev–Trinajstić information content (AvgIpc) is 2.41. The van der Waals surface area contributed by atoms with Gasteiger partial charge in [0, 0.05) is 26.2 Å². The highest BCUT2D eigenvalue weighted by atomic mass is 35.5. The van der Waals surface area contributed by atoms with Gasteiger partial charge in [-0.05, 0) is 12.8 Å². The van der Waals surface area contributed by atoms with Crippen LogP contribution in [0.3, 0.4) is 0 Å². The number of hydrogen-bond acceptors (Lipinski definition) is 4. The second-order valence-electron chi connectivity index (χ2n) is 4.54. The molecule has 7 heteroatoms. The van der Waals surface area contributed by atoms with Gasteiger partial charge in [-0.1, -0.05) is 6.08 Å². The van der Waals surface area contributed by atoms with Crippen LogP contribution in [0.4, 0.5) is 0 Å². The molecule has 0 saturated carbocycles. The predicted molar refractivity (Wildman–Crippen MR) is 79.8 cm³/mol. The molecule has 1 heterocycles. The summed E-state index contributed by atoms with van der Waals surface area (Å²) in [5.41, 5.74) is 0. The van der Waals surface area contributed by atoms with Gasteiger partial charge in [0.2, 0.25) is 11.8 Å². The molecule has 0 bridgehead atoms. The summed E-state index contributed by atoms with van der Waals surface area (Å²) in [6.07, 6.45) is 3.75. The van der Waals surface area contributed by atoms with E-state index in [2.05, 4.69) is 17.2 Å². The van der Waals surface area contributed by atoms with E-state index in [1.807, 2.05) is 6.08 Å². The first-order valence-corrected chi connectivity index (χ1v) is 6.69. The van der Waals surface area contributed by atoms with E-state index in [1.165, 1.54) is 0 Å². The van der Waals surface area contributed by atoms with Crippen molar-refractivity contribution < 1.29 is 14.7 Å². The molecule has 0 aromatic carbocycles. The number of hydrogen-bond donors (Lipinski definition) is 3. The largest absolute Gasteiger partial charge is 0.395 e. The number of amides is 2. The number of nitrogens with zero attached hydrogens (tertiary/aromatic N) is 1. The van der Waals surface area contributed by atoms with Crippen molar-refractivity contribution in [2.75, 3.05) is 32.8 Å². The Bertz CT molecular complexity index is 326. The maximum absolute atomic E-state index is 12.1. The molecule has 1 aliphatic rings. The minimum Gasteiger partial charge on any atom is -0.395 e. The monoisotopic (exact) mass is 305 g/mol. The standard InChI is InChI=1S/C13H23N3O3.ClH/c1-2-3-4-7-16-8-5-14-11(13(16)19)10-12(18)15-6-9-17;/h2,11,14,17H,1,3-10H2,(H,15,18);1H. The Kier molecular flexibility index (Phi) is 10.1. The Morgan fingerprint density at radius 3 is 3.00 bits per heavy atom. The molecule has 1 saturated heterocycles. The summed E-state index contributed by atoms with van der Waals surface area (Å²) in [4.78, 5) is 25.5. The Labute approximate surface area is 126 Å². The fourth-order valence-electron chi connectivity index (χ4n) is 2.05. The minimum atomic E-state index is -0.448. The lowest BCUT2D eigenvalue weighted by molar-refractivity contribution is -0.138. The molecule has 6 nitrogen and oxygen atoms in total. The number of carbonyl (C=O) groups excluding carboxylic acids is 2. The zero-order chi connectivity index (χ0) is 14.1. The molecule has 0 spiro atoms. The Morgan fingerprint density at radius 1 is 1.60 bits per heavy atom. The third-order valence-electron chi connectivity index (χ3n) is 3.04. The van der Waals surface area contributed by atoms with Gasteiger partial charge in [-0.3, -0.25) is 9.59 Å². The lowest BCUT2D eigenvalue weighted by atomic mass is 10.1. The van der Waals surface area contributed by atoms with Crippen molar-refractivity contribution in [3.05, 3.63) is 12.7 Å². The van der Waals surface area contributed by atoms with E-state index >= 15 is 0 Å². The van der Waals surface area contributed by atoms with Crippen LogP contribution in [0.1, 0.15) is 19.3 Å². The zero-order valence-electron chi connectivity index (χ0n) is 11.6. The van der Waals surface area contributed by atoms with Gasteiger partial charge in [-0.15, -0.1) is 19.0 Å². The maximum atomic E-state index is 12.1. The molecule has 3 N–H and O–H groups in total. The highest BCUT2D eigenvalue weighted by Gasteiger charge is 2.29. The van der Waals surface area contributed by atoms with Crippen LogP contribution in [0.5, 0.6) is 0 Å². The summed E-state index contributed by atoms with van der Waals surface area (Å²) in [6.45, 7) is 5.89. The van der Waals surface area contributed by atoms with E-state index in [0.29, 0.717) is 19.6 Å². The number of unbranched alkanes of at least 4 members (excludes halogenated alkanes) is 1. The van der Waals surface area contributed by atoms with Crippen molar-refractivity contribution in [1.29, 1.82) is 0 Å². The lowest BCUT2D eigenvalue weighted by Gasteiger charge is -2.33. The molecule has 2 amide bonds. The van der Waals surface area contributed by atoms with Gasteiger partial charge in [0.25, 0.3) is 0 Å². The van der Waals surface area contributed by atoms with Gasteiger partial charge in [-0.2, -0.15) is 0 Å². The van der Waals surface area contributed by atoms with E-state index in [9.17, 15) is 9.59 Å². The average molecular weight is 306 g/mol. The molecule has 1 atom stereocenters. The Balaban J connectivity index is 0.00000361. The number of allylic oxidation sites excluding steroid dienone is 1. The van der Waals surface area contributed by atoms with Crippen molar-refractivity contribution in [1.82, 2.24) is 15.5 Å². The number of halogens is 1. The fraction of sp³-hybridized carbons (Fsp3) is 0.692. The van der Waals surface area contributed by atoms with Crippen LogP contribution in [-0.2, 0) is 9.59 Å². The van der Waals surface area contributed by atoms with Gasteiger partial charge >= 0.3 is 0 Å². The van der Waals surface area contributed by atoms with Crippen LogP contribution in [0.2, 0.25) is 0 Å². The zero-order valence-corrected chi connectivity index (χ0v) is 12.5. The molecule has 116 valence electrons. The van der Waals surface area contributed by atoms with Gasteiger partial charge in [0.05, 0.1) is 19.1 Å². The molecule has 0 aromatic rings. The Hall–Kier alpha value is -1.11. The van der Waals surface area contributed by atoms with Gasteiger partial charge in [0.15, 0.2) is 0 Å². The van der Waals surface area contributed by atoms with Crippen LogP contribution < -0.4 is 10.6 Å². The van der Waals surface area contributed by atoms with E-state index < -0.39 is 6.04 Å². The normalized spacial score (nSPS) is 18.4. The van der Waals surface area contributed by atoms with E-state index in [-0.39, 0.29) is 43.8 Å². The number of piperazine rings is 1. The van der Waals surface area contributed by atoms with Crippen molar-refractivity contribution in [2.24, 2.45) is 0 Å². The van der Waals surface area contributed by atoms with Crippen molar-refractivity contribution in [2.45, 2.75) is 25.3 Å². The van der Waals surface area contributed by atoms with Crippen molar-refractivity contribution in [3.63, 3.8) is 0 Å². The quantitative estimate of drug-likeness (QED) is 0.424. The third kappa shape index (κ3) is 6.36. The summed E-state index contributed by atoms with van der Waals surface area (Å²) in [5.74, 6) is -0.234. The van der Waals surface area contributed by atoms with E-state index in [1.54, 1.807) is 4.90 Å². The molecular formula is C13H24ClN3O3. The summed E-state index contributed by atoms with van der Waals surface area (Å²) >= 11 is 0. The smallest absolute Gasteiger partial charge is 0.240 e. The highest BCUT2D eigenvalue weighted by molar-refractivity contribution is 5.88. The van der Waals surface area contributed by atoms with Crippen molar-refractivity contribution in [3.8, 4) is 0 Å². The second kappa shape index (κ2) is 10.7. The summed E-state index contributed by atoms with van der Waals surface area (Å²) < 4.78 is 0. The molecule has 20 heavy (non-hydrogen) atoms. The van der Waals surface area contributed by atoms with Crippen LogP contribution in [0.25, 0.3) is 0 Å². The predicted octanol–water partition coefficient (Wildman–Crippen LogP) is -0.327. The summed E-state index contributed by atoms with van der Waals surface area (Å²) in [5, 5.41) is 14.2. The number of carbonyl (C=O) groups is 2. The van der Waals surface area contributed by atoms with Gasteiger partial charge in [0.1, 0.15) is 0 Å². The maximum Gasteiger partial charge on any atom is 0.240 e. The molecule has 1 rings (SSSR count). The third-order valence-corrected chi connectivity index (χ3v) is 3.04. The SMILES string of the molecule is C=CCCCN1CCNC(CC(=O)NCCO)C1=O.Cl. The first kappa shape index (κ1) is 18.9. The summed E-state index contributed by atoms with van der Waals surface area (Å²) in [6, 6.07) is -0.448. The molecule has 1 unspecified atom stereocenters. The van der Waals surface area contributed by atoms with Crippen molar-refractivity contribution >= 4 is 24.2 Å². The van der Waals surface area contributed by atoms with Crippen LogP contribution in [-0.4, -0.2) is 60.6 Å². The minimum absolute atomic E-state index is 0. The fourth-order valence-corrected chi connectivity index (χ4v) is 2.05. The van der Waals surface area contributed by atoms with Gasteiger partial charge < -0.3 is 20.6 Å². The number of aliphatic hydroxyl groups is 1. The van der Waals surface area contributed by atoms with E-state index in [0.717, 1.165) is 12.8 Å². The molecule has 0 aliphatic carbocycles. The number of nitrogens with one attached hydrogen (secondary N) is 2. The topological polar surface area (TPSA) is 81.7 Å². The second-order valence-corrected chi connectivity index (χ2v) is 4.54. The number of rotatable bonds is 8. The molecule has 1 fully saturated rings. The number of aliphatic hydroxyl groups excluding tert-OH is 1.